The summed E-state index contributed by atoms with van der Waals surface area (Å²) in [6.07, 6.45) is 2.45. The molecule has 3 aromatic rings. The molecular weight excluding hydrogens is 432 g/mol. The number of thiophene rings is 1. The number of ether oxygens (including phenoxy) is 1. The van der Waals surface area contributed by atoms with Gasteiger partial charge in [-0.3, -0.25) is 14.9 Å². The number of nitrogens with one attached hydrogen (secondary N) is 1. The lowest BCUT2D eigenvalue weighted by Gasteiger charge is -2.07. The molecule has 0 bridgehead atoms. The maximum Gasteiger partial charge on any atom is 0.433 e. The van der Waals surface area contributed by atoms with Crippen molar-refractivity contribution in [3.8, 4) is 11.1 Å². The lowest BCUT2D eigenvalue weighted by atomic mass is 10.0. The van der Waals surface area contributed by atoms with Crippen LogP contribution < -0.4 is 5.32 Å². The van der Waals surface area contributed by atoms with Crippen LogP contribution in [0.4, 0.5) is 10.9 Å². The van der Waals surface area contributed by atoms with Crippen molar-refractivity contribution in [2.45, 2.75) is 6.92 Å². The number of aryl methyl sites for hydroxylation is 1. The Balaban J connectivity index is 1.89. The largest absolute Gasteiger partial charge is 0.465 e. The first-order valence-corrected chi connectivity index (χ1v) is 9.70. The van der Waals surface area contributed by atoms with Crippen molar-refractivity contribution in [3.63, 3.8) is 0 Å². The summed E-state index contributed by atoms with van der Waals surface area (Å²) < 4.78 is 9.87. The molecule has 0 radical (unpaired) electrons. The molecule has 0 aliphatic carbocycles. The monoisotopic (exact) mass is 446 g/mol. The van der Waals surface area contributed by atoms with Gasteiger partial charge < -0.3 is 14.5 Å². The summed E-state index contributed by atoms with van der Waals surface area (Å²) in [7, 11) is 1.26. The van der Waals surface area contributed by atoms with E-state index < -0.39 is 22.7 Å². The molecule has 2 aromatic heterocycles. The second-order valence-electron chi connectivity index (χ2n) is 5.99. The molecule has 0 atom stereocenters. The number of nitro groups is 1. The average Bonchev–Trinajstić information content (AvgIpc) is 3.31. The van der Waals surface area contributed by atoms with Crippen molar-refractivity contribution in [1.29, 1.82) is 0 Å². The number of amides is 1. The minimum atomic E-state index is -0.674. The SMILES string of the molecule is COC(=O)c1c(NC(=O)C=Cc2ccc([N+](=O)[O-])o2)sc(C)c1-c1ccc(Cl)cc1. The van der Waals surface area contributed by atoms with Crippen LogP contribution in [0.2, 0.25) is 5.02 Å². The van der Waals surface area contributed by atoms with Crippen LogP contribution in [-0.2, 0) is 9.53 Å². The summed E-state index contributed by atoms with van der Waals surface area (Å²) in [5, 5.41) is 14.2. The van der Waals surface area contributed by atoms with E-state index in [9.17, 15) is 19.7 Å². The highest BCUT2D eigenvalue weighted by atomic mass is 35.5. The van der Waals surface area contributed by atoms with Gasteiger partial charge in [0.25, 0.3) is 0 Å². The highest BCUT2D eigenvalue weighted by molar-refractivity contribution is 7.17. The van der Waals surface area contributed by atoms with Crippen LogP contribution in [0.1, 0.15) is 21.0 Å². The lowest BCUT2D eigenvalue weighted by molar-refractivity contribution is -0.402. The Morgan fingerprint density at radius 1 is 1.23 bits per heavy atom. The van der Waals surface area contributed by atoms with Crippen LogP contribution in [0.15, 0.2) is 46.9 Å². The number of halogens is 1. The van der Waals surface area contributed by atoms with Crippen LogP contribution in [0.3, 0.4) is 0 Å². The average molecular weight is 447 g/mol. The highest BCUT2D eigenvalue weighted by Gasteiger charge is 2.24. The van der Waals surface area contributed by atoms with E-state index in [-0.39, 0.29) is 11.3 Å². The van der Waals surface area contributed by atoms with Gasteiger partial charge in [-0.15, -0.1) is 11.3 Å². The summed E-state index contributed by atoms with van der Waals surface area (Å²) in [5.74, 6) is -1.41. The predicted octanol–water partition coefficient (Wildman–Crippen LogP) is 5.32. The molecule has 1 amide bonds. The summed E-state index contributed by atoms with van der Waals surface area (Å²) in [6.45, 7) is 1.83. The van der Waals surface area contributed by atoms with Crippen molar-refractivity contribution in [2.24, 2.45) is 0 Å². The molecule has 1 N–H and O–H groups in total. The van der Waals surface area contributed by atoms with Gasteiger partial charge in [-0.25, -0.2) is 4.79 Å². The molecule has 30 heavy (non-hydrogen) atoms. The Hall–Kier alpha value is -3.43. The van der Waals surface area contributed by atoms with Gasteiger partial charge in [0, 0.05) is 21.5 Å². The standard InChI is InChI=1S/C20H15ClN2O6S/c1-11-17(12-3-5-13(21)6-4-12)18(20(25)28-2)19(30-11)22-15(24)9-7-14-8-10-16(29-14)23(26)27/h3-10H,1-2H3,(H,22,24). The number of furan rings is 1. The molecule has 3 rings (SSSR count). The van der Waals surface area contributed by atoms with Crippen LogP contribution in [-0.4, -0.2) is 23.9 Å². The van der Waals surface area contributed by atoms with Gasteiger partial charge in [-0.2, -0.15) is 0 Å². The van der Waals surface area contributed by atoms with Crippen molar-refractivity contribution in [1.82, 2.24) is 0 Å². The van der Waals surface area contributed by atoms with Crippen LogP contribution >= 0.6 is 22.9 Å². The number of methoxy groups -OCH3 is 1. The number of carbonyl (C=O) groups excluding carboxylic acids is 2. The third kappa shape index (κ3) is 4.58. The Morgan fingerprint density at radius 2 is 1.93 bits per heavy atom. The fourth-order valence-electron chi connectivity index (χ4n) is 2.74. The number of benzene rings is 1. The van der Waals surface area contributed by atoms with Crippen molar-refractivity contribution < 1.29 is 23.7 Å². The second kappa shape index (κ2) is 8.93. The Morgan fingerprint density at radius 3 is 2.53 bits per heavy atom. The first-order chi connectivity index (χ1) is 14.3. The number of hydrogen-bond acceptors (Lipinski definition) is 7. The van der Waals surface area contributed by atoms with Gasteiger partial charge in [0.1, 0.15) is 21.2 Å². The smallest absolute Gasteiger partial charge is 0.433 e. The number of rotatable bonds is 6. The number of anilines is 1. The van der Waals surface area contributed by atoms with Gasteiger partial charge in [0.15, 0.2) is 0 Å². The molecule has 0 aliphatic rings. The molecule has 0 spiro atoms. The zero-order valence-electron chi connectivity index (χ0n) is 15.8. The molecule has 0 saturated heterocycles. The summed E-state index contributed by atoms with van der Waals surface area (Å²) >= 11 is 7.18. The maximum absolute atomic E-state index is 12.4. The van der Waals surface area contributed by atoms with E-state index in [1.165, 1.54) is 36.7 Å². The van der Waals surface area contributed by atoms with Gasteiger partial charge in [0.05, 0.1) is 13.2 Å². The molecular formula is C20H15ClN2O6S. The third-order valence-corrected chi connectivity index (χ3v) is 5.31. The Bertz CT molecular complexity index is 1150. The molecule has 0 saturated carbocycles. The zero-order chi connectivity index (χ0) is 21.8. The van der Waals surface area contributed by atoms with Crippen molar-refractivity contribution >= 4 is 51.8 Å². The highest BCUT2D eigenvalue weighted by Crippen LogP contribution is 2.40. The summed E-state index contributed by atoms with van der Waals surface area (Å²) in [5.41, 5.74) is 1.63. The van der Waals surface area contributed by atoms with Crippen LogP contribution in [0.5, 0.6) is 0 Å². The van der Waals surface area contributed by atoms with E-state index in [0.717, 1.165) is 16.5 Å². The molecule has 1 aromatic carbocycles. The molecule has 0 fully saturated rings. The predicted molar refractivity (Wildman–Crippen MR) is 114 cm³/mol. The fraction of sp³-hybridized carbons (Fsp3) is 0.100. The fourth-order valence-corrected chi connectivity index (χ4v) is 3.93. The number of nitrogens with zero attached hydrogens (tertiary/aromatic N) is 1. The second-order valence-corrected chi connectivity index (χ2v) is 7.65. The molecule has 8 nitrogen and oxygen atoms in total. The first-order valence-electron chi connectivity index (χ1n) is 8.51. The number of esters is 1. The van der Waals surface area contributed by atoms with E-state index in [1.807, 2.05) is 6.92 Å². The minimum absolute atomic E-state index is 0.147. The quantitative estimate of drug-likeness (QED) is 0.237. The molecule has 154 valence electrons. The molecule has 10 heteroatoms. The Labute approximate surface area is 179 Å². The minimum Gasteiger partial charge on any atom is -0.465 e. The molecule has 0 unspecified atom stereocenters. The lowest BCUT2D eigenvalue weighted by Crippen LogP contribution is -2.11. The first kappa shape index (κ1) is 21.3. The van der Waals surface area contributed by atoms with E-state index >= 15 is 0 Å². The van der Waals surface area contributed by atoms with Gasteiger partial charge in [-0.1, -0.05) is 23.7 Å². The van der Waals surface area contributed by atoms with Crippen molar-refractivity contribution in [2.75, 3.05) is 12.4 Å². The Kier molecular flexibility index (Phi) is 6.34. The number of hydrogen-bond donors (Lipinski definition) is 1. The van der Waals surface area contributed by atoms with E-state index in [1.54, 1.807) is 24.3 Å². The van der Waals surface area contributed by atoms with Crippen LogP contribution in [0, 0.1) is 17.0 Å². The molecule has 0 aliphatic heterocycles. The summed E-state index contributed by atoms with van der Waals surface area (Å²) in [6, 6.07) is 9.53. The summed E-state index contributed by atoms with van der Waals surface area (Å²) in [4.78, 5) is 35.6. The van der Waals surface area contributed by atoms with E-state index in [4.69, 9.17) is 20.8 Å². The van der Waals surface area contributed by atoms with Gasteiger partial charge in [0.2, 0.25) is 5.91 Å². The normalized spacial score (nSPS) is 10.9. The van der Waals surface area contributed by atoms with Gasteiger partial charge >= 0.3 is 11.9 Å². The number of carbonyl (C=O) groups is 2. The van der Waals surface area contributed by atoms with Gasteiger partial charge in [-0.05, 0) is 36.8 Å². The topological polar surface area (TPSA) is 112 Å². The van der Waals surface area contributed by atoms with Crippen LogP contribution in [0.25, 0.3) is 17.2 Å². The zero-order valence-corrected chi connectivity index (χ0v) is 17.4. The van der Waals surface area contributed by atoms with E-state index in [2.05, 4.69) is 5.32 Å². The third-order valence-electron chi connectivity index (χ3n) is 4.03. The molecule has 2 heterocycles. The maximum atomic E-state index is 12.4. The van der Waals surface area contributed by atoms with Crippen molar-refractivity contribution in [3.05, 3.63) is 73.8 Å². The van der Waals surface area contributed by atoms with E-state index in [0.29, 0.717) is 15.6 Å².